The number of ether oxygens (including phenoxy) is 1. The van der Waals surface area contributed by atoms with Gasteiger partial charge in [-0.2, -0.15) is 0 Å². The highest BCUT2D eigenvalue weighted by molar-refractivity contribution is 5.99. The lowest BCUT2D eigenvalue weighted by atomic mass is 10.0. The molecule has 0 fully saturated rings. The number of nitrogens with one attached hydrogen (secondary N) is 1. The van der Waals surface area contributed by atoms with Gasteiger partial charge in [0.2, 0.25) is 0 Å². The normalized spacial score (nSPS) is 14.1. The molecule has 5 heteroatoms. The summed E-state index contributed by atoms with van der Waals surface area (Å²) in [5.74, 6) is 0.558. The molecule has 1 atom stereocenters. The molecule has 1 amide bonds. The van der Waals surface area contributed by atoms with E-state index in [2.05, 4.69) is 10.3 Å². The number of amides is 1. The average Bonchev–Trinajstić information content (AvgIpc) is 2.65. The summed E-state index contributed by atoms with van der Waals surface area (Å²) in [5, 5.41) is 12.4. The molecule has 1 aromatic carbocycles. The second-order valence-corrected chi connectivity index (χ2v) is 5.78. The van der Waals surface area contributed by atoms with E-state index in [9.17, 15) is 9.90 Å². The highest BCUT2D eigenvalue weighted by Gasteiger charge is 2.18. The first kappa shape index (κ1) is 16.2. The minimum Gasteiger partial charge on any atom is -0.488 e. The van der Waals surface area contributed by atoms with Crippen LogP contribution in [0.4, 0.5) is 0 Å². The summed E-state index contributed by atoms with van der Waals surface area (Å²) in [6, 6.07) is 13.3. The Labute approximate surface area is 141 Å². The molecule has 1 aliphatic heterocycles. The molecule has 2 aromatic rings. The molecule has 2 heterocycles. The number of fused-ring (bicyclic) bond motifs is 1. The fourth-order valence-corrected chi connectivity index (χ4v) is 2.61. The SMILES string of the molecule is O=C(NCC(CO)Cc1ccccn1)C1=Cc2ccccc2OC1. The van der Waals surface area contributed by atoms with Crippen molar-refractivity contribution in [2.45, 2.75) is 6.42 Å². The van der Waals surface area contributed by atoms with Crippen molar-refractivity contribution in [3.8, 4) is 5.75 Å². The van der Waals surface area contributed by atoms with E-state index in [1.54, 1.807) is 6.20 Å². The Bertz CT molecular complexity index is 728. The van der Waals surface area contributed by atoms with E-state index >= 15 is 0 Å². The molecule has 5 nitrogen and oxygen atoms in total. The predicted molar refractivity (Wildman–Crippen MR) is 91.4 cm³/mol. The molecule has 0 radical (unpaired) electrons. The maximum absolute atomic E-state index is 12.3. The highest BCUT2D eigenvalue weighted by Crippen LogP contribution is 2.25. The largest absolute Gasteiger partial charge is 0.488 e. The van der Waals surface area contributed by atoms with Crippen LogP contribution >= 0.6 is 0 Å². The number of carbonyl (C=O) groups is 1. The van der Waals surface area contributed by atoms with Gasteiger partial charge < -0.3 is 15.2 Å². The molecule has 0 saturated heterocycles. The number of para-hydroxylation sites is 1. The van der Waals surface area contributed by atoms with Crippen LogP contribution in [0.3, 0.4) is 0 Å². The molecular formula is C19H20N2O3. The summed E-state index contributed by atoms with van der Waals surface area (Å²) in [6.45, 7) is 0.646. The van der Waals surface area contributed by atoms with Crippen molar-refractivity contribution in [1.82, 2.24) is 10.3 Å². The molecule has 24 heavy (non-hydrogen) atoms. The van der Waals surface area contributed by atoms with Gasteiger partial charge in [0, 0.05) is 36.5 Å². The Morgan fingerprint density at radius 3 is 2.88 bits per heavy atom. The van der Waals surface area contributed by atoms with Gasteiger partial charge in [0.05, 0.1) is 5.57 Å². The van der Waals surface area contributed by atoms with Crippen molar-refractivity contribution < 1.29 is 14.6 Å². The summed E-state index contributed by atoms with van der Waals surface area (Å²) in [7, 11) is 0. The van der Waals surface area contributed by atoms with E-state index in [4.69, 9.17) is 4.74 Å². The number of carbonyl (C=O) groups excluding carboxylic acids is 1. The lowest BCUT2D eigenvalue weighted by Gasteiger charge is -2.19. The Morgan fingerprint density at radius 2 is 2.08 bits per heavy atom. The average molecular weight is 324 g/mol. The van der Waals surface area contributed by atoms with E-state index in [0.717, 1.165) is 17.0 Å². The number of hydrogen-bond acceptors (Lipinski definition) is 4. The zero-order chi connectivity index (χ0) is 16.8. The van der Waals surface area contributed by atoms with Gasteiger partial charge >= 0.3 is 0 Å². The molecule has 2 N–H and O–H groups in total. The van der Waals surface area contributed by atoms with E-state index in [0.29, 0.717) is 18.5 Å². The van der Waals surface area contributed by atoms with Crippen molar-refractivity contribution in [1.29, 1.82) is 0 Å². The van der Waals surface area contributed by atoms with Gasteiger partial charge in [0.1, 0.15) is 12.4 Å². The Morgan fingerprint density at radius 1 is 1.25 bits per heavy atom. The van der Waals surface area contributed by atoms with Gasteiger partial charge in [-0.3, -0.25) is 9.78 Å². The highest BCUT2D eigenvalue weighted by atomic mass is 16.5. The van der Waals surface area contributed by atoms with Crippen molar-refractivity contribution in [2.24, 2.45) is 5.92 Å². The zero-order valence-corrected chi connectivity index (χ0v) is 13.3. The second-order valence-electron chi connectivity index (χ2n) is 5.78. The molecular weight excluding hydrogens is 304 g/mol. The molecule has 0 saturated carbocycles. The van der Waals surface area contributed by atoms with Crippen LogP contribution in [-0.2, 0) is 11.2 Å². The number of aliphatic hydroxyl groups is 1. The van der Waals surface area contributed by atoms with Crippen LogP contribution < -0.4 is 10.1 Å². The molecule has 1 aromatic heterocycles. The molecule has 1 unspecified atom stereocenters. The first-order chi connectivity index (χ1) is 11.8. The monoisotopic (exact) mass is 324 g/mol. The van der Waals surface area contributed by atoms with Gasteiger partial charge in [-0.1, -0.05) is 24.3 Å². The topological polar surface area (TPSA) is 71.5 Å². The third-order valence-electron chi connectivity index (χ3n) is 3.96. The number of aliphatic hydroxyl groups excluding tert-OH is 1. The summed E-state index contributed by atoms with van der Waals surface area (Å²) in [4.78, 5) is 16.6. The van der Waals surface area contributed by atoms with Crippen LogP contribution in [0.2, 0.25) is 0 Å². The lowest BCUT2D eigenvalue weighted by molar-refractivity contribution is -0.118. The summed E-state index contributed by atoms with van der Waals surface area (Å²) in [6.07, 6.45) is 4.20. The maximum Gasteiger partial charge on any atom is 0.250 e. The van der Waals surface area contributed by atoms with Crippen LogP contribution in [-0.4, -0.2) is 35.8 Å². The van der Waals surface area contributed by atoms with Gasteiger partial charge in [-0.25, -0.2) is 0 Å². The number of aromatic nitrogens is 1. The zero-order valence-electron chi connectivity index (χ0n) is 13.3. The molecule has 0 bridgehead atoms. The summed E-state index contributed by atoms with van der Waals surface area (Å²) < 4.78 is 5.60. The van der Waals surface area contributed by atoms with E-state index in [1.807, 2.05) is 48.5 Å². The number of rotatable bonds is 6. The van der Waals surface area contributed by atoms with Crippen LogP contribution in [0.1, 0.15) is 11.3 Å². The van der Waals surface area contributed by atoms with E-state index < -0.39 is 0 Å². The smallest absolute Gasteiger partial charge is 0.250 e. The maximum atomic E-state index is 12.3. The van der Waals surface area contributed by atoms with Gasteiger partial charge in [0.25, 0.3) is 5.91 Å². The number of hydrogen-bond donors (Lipinski definition) is 2. The lowest BCUT2D eigenvalue weighted by Crippen LogP contribution is -2.34. The van der Waals surface area contributed by atoms with E-state index in [1.165, 1.54) is 0 Å². The van der Waals surface area contributed by atoms with Crippen LogP contribution in [0.5, 0.6) is 5.75 Å². The van der Waals surface area contributed by atoms with Gasteiger partial charge in [0.15, 0.2) is 0 Å². The van der Waals surface area contributed by atoms with Crippen molar-refractivity contribution >= 4 is 12.0 Å². The number of pyridine rings is 1. The summed E-state index contributed by atoms with van der Waals surface area (Å²) >= 11 is 0. The second kappa shape index (κ2) is 7.75. The molecule has 0 spiro atoms. The third kappa shape index (κ3) is 4.00. The van der Waals surface area contributed by atoms with Crippen molar-refractivity contribution in [3.63, 3.8) is 0 Å². The standard InChI is InChI=1S/C19H20N2O3/c22-12-14(9-17-6-3-4-8-20-17)11-21-19(23)16-10-15-5-1-2-7-18(15)24-13-16/h1-8,10,14,22H,9,11-13H2,(H,21,23). The van der Waals surface area contributed by atoms with Crippen molar-refractivity contribution in [3.05, 3.63) is 65.5 Å². The predicted octanol–water partition coefficient (Wildman–Crippen LogP) is 1.82. The van der Waals surface area contributed by atoms with Crippen LogP contribution in [0.15, 0.2) is 54.2 Å². The quantitative estimate of drug-likeness (QED) is 0.850. The van der Waals surface area contributed by atoms with E-state index in [-0.39, 0.29) is 25.0 Å². The molecule has 3 rings (SSSR count). The molecule has 0 aliphatic carbocycles. The first-order valence-corrected chi connectivity index (χ1v) is 7.97. The minimum absolute atomic E-state index is 0.00473. The van der Waals surface area contributed by atoms with Gasteiger partial charge in [-0.15, -0.1) is 0 Å². The number of nitrogens with zero attached hydrogens (tertiary/aromatic N) is 1. The fourth-order valence-electron chi connectivity index (χ4n) is 2.61. The summed E-state index contributed by atoms with van der Waals surface area (Å²) in [5.41, 5.74) is 2.39. The van der Waals surface area contributed by atoms with Crippen LogP contribution in [0, 0.1) is 5.92 Å². The fraction of sp³-hybridized carbons (Fsp3) is 0.263. The first-order valence-electron chi connectivity index (χ1n) is 7.97. The Hall–Kier alpha value is -2.66. The Balaban J connectivity index is 1.58. The van der Waals surface area contributed by atoms with Crippen molar-refractivity contribution in [2.75, 3.05) is 19.8 Å². The Kier molecular flexibility index (Phi) is 5.23. The van der Waals surface area contributed by atoms with Gasteiger partial charge in [-0.05, 0) is 30.7 Å². The number of benzene rings is 1. The molecule has 1 aliphatic rings. The van der Waals surface area contributed by atoms with Crippen LogP contribution in [0.25, 0.3) is 6.08 Å². The minimum atomic E-state index is -0.163. The third-order valence-corrected chi connectivity index (χ3v) is 3.96. The molecule has 124 valence electrons.